The van der Waals surface area contributed by atoms with E-state index in [1.165, 1.54) is 212 Å². The molecule has 340 valence electrons. The van der Waals surface area contributed by atoms with Crippen molar-refractivity contribution in [1.29, 1.82) is 0 Å². The molecule has 0 spiro atoms. The summed E-state index contributed by atoms with van der Waals surface area (Å²) in [4.78, 5) is 12.4. The van der Waals surface area contributed by atoms with E-state index in [-0.39, 0.29) is 12.5 Å². The number of amides is 1. The van der Waals surface area contributed by atoms with Gasteiger partial charge >= 0.3 is 0 Å². The van der Waals surface area contributed by atoms with E-state index >= 15 is 0 Å². The summed E-state index contributed by atoms with van der Waals surface area (Å²) in [6, 6.07) is -0.648. The first kappa shape index (κ1) is 56.4. The highest BCUT2D eigenvalue weighted by Crippen LogP contribution is 2.15. The Morgan fingerprint density at radius 2 is 0.672 bits per heavy atom. The van der Waals surface area contributed by atoms with E-state index in [2.05, 4.69) is 55.6 Å². The Balaban J connectivity index is 3.59. The molecule has 0 aliphatic carbocycles. The molecule has 0 aromatic carbocycles. The average molecular weight is 812 g/mol. The zero-order valence-electron chi connectivity index (χ0n) is 39.1. The summed E-state index contributed by atoms with van der Waals surface area (Å²) in [5, 5.41) is 23.1. The Bertz CT molecular complexity index is 923. The number of aliphatic hydroxyl groups excluding tert-OH is 2. The Morgan fingerprint density at radius 3 is 1.00 bits per heavy atom. The summed E-state index contributed by atoms with van der Waals surface area (Å²) < 4.78 is 0. The standard InChI is InChI=1S/C54H101NO3/c1-3-5-7-9-11-13-15-17-19-21-23-25-27-28-30-32-34-36-38-40-42-44-46-48-50-54(58)55-52(51-56)53(57)49-47-45-43-41-39-37-35-33-31-29-26-24-22-20-18-16-14-12-10-8-6-4-2/h28,30-31,33,39,41,47,49,52-53,56-57H,3-27,29,32,34-38,40,42-46,48,50-51H2,1-2H3,(H,55,58)/b30-28-,33-31+,41-39+,49-47+. The second kappa shape index (κ2) is 49.7. The predicted octanol–water partition coefficient (Wildman–Crippen LogP) is 16.7. The molecule has 0 aromatic rings. The topological polar surface area (TPSA) is 69.6 Å². The number of rotatable bonds is 47. The summed E-state index contributed by atoms with van der Waals surface area (Å²) in [7, 11) is 0. The maximum atomic E-state index is 12.4. The van der Waals surface area contributed by atoms with Gasteiger partial charge in [0.2, 0.25) is 5.91 Å². The van der Waals surface area contributed by atoms with Crippen molar-refractivity contribution in [3.63, 3.8) is 0 Å². The Kier molecular flexibility index (Phi) is 48.3. The molecule has 0 bridgehead atoms. The van der Waals surface area contributed by atoms with E-state index in [9.17, 15) is 15.0 Å². The van der Waals surface area contributed by atoms with Gasteiger partial charge in [-0.3, -0.25) is 4.79 Å². The van der Waals surface area contributed by atoms with E-state index in [4.69, 9.17) is 0 Å². The minimum absolute atomic E-state index is 0.0792. The second-order valence-electron chi connectivity index (χ2n) is 17.6. The van der Waals surface area contributed by atoms with Gasteiger partial charge in [0, 0.05) is 6.42 Å². The van der Waals surface area contributed by atoms with Crippen LogP contribution in [0.4, 0.5) is 0 Å². The molecule has 4 heteroatoms. The first-order valence-corrected chi connectivity index (χ1v) is 25.9. The second-order valence-corrected chi connectivity index (χ2v) is 17.6. The van der Waals surface area contributed by atoms with Crippen molar-refractivity contribution in [3.8, 4) is 0 Å². The van der Waals surface area contributed by atoms with Crippen LogP contribution in [-0.2, 0) is 4.79 Å². The van der Waals surface area contributed by atoms with E-state index < -0.39 is 12.1 Å². The molecule has 0 saturated heterocycles. The summed E-state index contributed by atoms with van der Waals surface area (Å²) in [5.41, 5.74) is 0. The molecule has 2 atom stereocenters. The highest BCUT2D eigenvalue weighted by atomic mass is 16.3. The van der Waals surface area contributed by atoms with Gasteiger partial charge in [-0.05, 0) is 70.6 Å². The zero-order valence-corrected chi connectivity index (χ0v) is 39.1. The fraction of sp³-hybridized carbons (Fsp3) is 0.833. The lowest BCUT2D eigenvalue weighted by molar-refractivity contribution is -0.123. The molecule has 0 aliphatic rings. The van der Waals surface area contributed by atoms with Gasteiger partial charge in [-0.15, -0.1) is 0 Å². The molecular formula is C54H101NO3. The SMILES string of the molecule is CCCCCCCCCCCCCC/C=C\CCCCCCCCCCC(=O)NC(CO)C(O)/C=C/CC/C=C/CC/C=C/CCCCCCCCCCCCCC. The first-order valence-electron chi connectivity index (χ1n) is 25.9. The molecule has 4 nitrogen and oxygen atoms in total. The summed E-state index contributed by atoms with van der Waals surface area (Å²) in [6.07, 6.45) is 68.2. The minimum Gasteiger partial charge on any atom is -0.394 e. The van der Waals surface area contributed by atoms with Crippen LogP contribution in [0.5, 0.6) is 0 Å². The lowest BCUT2D eigenvalue weighted by Gasteiger charge is -2.19. The van der Waals surface area contributed by atoms with Crippen molar-refractivity contribution >= 4 is 5.91 Å². The van der Waals surface area contributed by atoms with Crippen molar-refractivity contribution in [2.45, 2.75) is 283 Å². The normalized spacial score (nSPS) is 13.2. The van der Waals surface area contributed by atoms with Gasteiger partial charge in [-0.1, -0.05) is 242 Å². The Hall–Kier alpha value is -1.65. The zero-order chi connectivity index (χ0) is 42.1. The van der Waals surface area contributed by atoms with Gasteiger partial charge in [0.05, 0.1) is 18.8 Å². The highest BCUT2D eigenvalue weighted by molar-refractivity contribution is 5.76. The minimum atomic E-state index is -0.872. The van der Waals surface area contributed by atoms with Crippen molar-refractivity contribution in [2.24, 2.45) is 0 Å². The van der Waals surface area contributed by atoms with Crippen LogP contribution in [0.15, 0.2) is 48.6 Å². The van der Waals surface area contributed by atoms with Gasteiger partial charge in [0.15, 0.2) is 0 Å². The maximum absolute atomic E-state index is 12.4. The maximum Gasteiger partial charge on any atom is 0.220 e. The van der Waals surface area contributed by atoms with Crippen LogP contribution in [0.3, 0.4) is 0 Å². The summed E-state index contributed by atoms with van der Waals surface area (Å²) >= 11 is 0. The lowest BCUT2D eigenvalue weighted by Crippen LogP contribution is -2.45. The molecule has 0 aliphatic heterocycles. The van der Waals surface area contributed by atoms with Crippen LogP contribution in [0.1, 0.15) is 271 Å². The molecular weight excluding hydrogens is 711 g/mol. The molecule has 0 heterocycles. The van der Waals surface area contributed by atoms with Crippen molar-refractivity contribution in [1.82, 2.24) is 5.32 Å². The molecule has 0 fully saturated rings. The number of allylic oxidation sites excluding steroid dienone is 7. The van der Waals surface area contributed by atoms with Crippen molar-refractivity contribution in [2.75, 3.05) is 6.61 Å². The number of aliphatic hydroxyl groups is 2. The lowest BCUT2D eigenvalue weighted by atomic mass is 10.0. The van der Waals surface area contributed by atoms with Gasteiger partial charge in [-0.25, -0.2) is 0 Å². The fourth-order valence-electron chi connectivity index (χ4n) is 7.79. The number of carbonyl (C=O) groups is 1. The van der Waals surface area contributed by atoms with Crippen molar-refractivity contribution in [3.05, 3.63) is 48.6 Å². The quantitative estimate of drug-likeness (QED) is 0.0423. The molecule has 0 saturated carbocycles. The fourth-order valence-corrected chi connectivity index (χ4v) is 7.79. The largest absolute Gasteiger partial charge is 0.394 e. The van der Waals surface area contributed by atoms with Crippen LogP contribution in [-0.4, -0.2) is 34.9 Å². The predicted molar refractivity (Wildman–Crippen MR) is 258 cm³/mol. The van der Waals surface area contributed by atoms with E-state index in [0.29, 0.717) is 6.42 Å². The number of hydrogen-bond donors (Lipinski definition) is 3. The third-order valence-electron chi connectivity index (χ3n) is 11.8. The van der Waals surface area contributed by atoms with Crippen LogP contribution < -0.4 is 5.32 Å². The number of nitrogens with one attached hydrogen (secondary N) is 1. The van der Waals surface area contributed by atoms with Crippen LogP contribution in [0.2, 0.25) is 0 Å². The van der Waals surface area contributed by atoms with E-state index in [0.717, 1.165) is 38.5 Å². The third-order valence-corrected chi connectivity index (χ3v) is 11.8. The van der Waals surface area contributed by atoms with Gasteiger partial charge < -0.3 is 15.5 Å². The molecule has 3 N–H and O–H groups in total. The van der Waals surface area contributed by atoms with Crippen LogP contribution in [0.25, 0.3) is 0 Å². The molecule has 0 rings (SSSR count). The highest BCUT2D eigenvalue weighted by Gasteiger charge is 2.17. The van der Waals surface area contributed by atoms with Crippen LogP contribution in [0, 0.1) is 0 Å². The molecule has 0 aromatic heterocycles. The molecule has 0 radical (unpaired) electrons. The number of carbonyl (C=O) groups excluding carboxylic acids is 1. The van der Waals surface area contributed by atoms with Crippen molar-refractivity contribution < 1.29 is 15.0 Å². The van der Waals surface area contributed by atoms with Gasteiger partial charge in [0.25, 0.3) is 0 Å². The average Bonchev–Trinajstić information content (AvgIpc) is 3.23. The van der Waals surface area contributed by atoms with E-state index in [1.807, 2.05) is 6.08 Å². The summed E-state index contributed by atoms with van der Waals surface area (Å²) in [5.74, 6) is -0.0792. The number of hydrogen-bond acceptors (Lipinski definition) is 3. The molecule has 58 heavy (non-hydrogen) atoms. The van der Waals surface area contributed by atoms with E-state index in [1.54, 1.807) is 6.08 Å². The molecule has 1 amide bonds. The summed E-state index contributed by atoms with van der Waals surface area (Å²) in [6.45, 7) is 4.31. The van der Waals surface area contributed by atoms with Gasteiger partial charge in [0.1, 0.15) is 0 Å². The molecule has 2 unspecified atom stereocenters. The first-order chi connectivity index (χ1) is 28.7. The monoisotopic (exact) mass is 812 g/mol. The third kappa shape index (κ3) is 45.4. The van der Waals surface area contributed by atoms with Crippen LogP contribution >= 0.6 is 0 Å². The van der Waals surface area contributed by atoms with Gasteiger partial charge in [-0.2, -0.15) is 0 Å². The number of unbranched alkanes of at least 4 members (excludes halogenated alkanes) is 34. The smallest absolute Gasteiger partial charge is 0.220 e. The Morgan fingerprint density at radius 1 is 0.397 bits per heavy atom. The Labute approximate surface area is 363 Å².